The average Bonchev–Trinajstić information content (AvgIpc) is 2.23. The molecule has 2 aliphatic carbocycles. The van der Waals surface area contributed by atoms with Crippen molar-refractivity contribution in [2.45, 2.75) is 72.3 Å². The lowest BCUT2D eigenvalue weighted by molar-refractivity contribution is -0.119. The number of rotatable bonds is 0. The highest BCUT2D eigenvalue weighted by atomic mass is 16.5. The molecule has 0 bridgehead atoms. The smallest absolute Gasteiger partial charge is 0.166 e. The van der Waals surface area contributed by atoms with Gasteiger partial charge in [0, 0.05) is 12.8 Å². The molecule has 0 aromatic rings. The Bertz CT molecular complexity index is 534. The van der Waals surface area contributed by atoms with Crippen LogP contribution in [0.15, 0.2) is 23.0 Å². The number of ether oxygens (including phenoxy) is 1. The summed E-state index contributed by atoms with van der Waals surface area (Å²) in [4.78, 5) is 12.5. The molecular formula is C18H26O2. The molecule has 20 heavy (non-hydrogen) atoms. The molecule has 0 spiro atoms. The van der Waals surface area contributed by atoms with Gasteiger partial charge in [-0.1, -0.05) is 27.7 Å². The van der Waals surface area contributed by atoms with Gasteiger partial charge in [0.2, 0.25) is 0 Å². The lowest BCUT2D eigenvalue weighted by atomic mass is 9.63. The van der Waals surface area contributed by atoms with Gasteiger partial charge in [-0.05, 0) is 48.7 Å². The molecule has 0 N–H and O–H groups in total. The third-order valence-corrected chi connectivity index (χ3v) is 5.27. The summed E-state index contributed by atoms with van der Waals surface area (Å²) in [5, 5.41) is 0. The number of hydrogen-bond donors (Lipinski definition) is 0. The molecule has 1 heterocycles. The number of carbonyl (C=O) groups is 1. The van der Waals surface area contributed by atoms with Crippen LogP contribution >= 0.6 is 0 Å². The standard InChI is InChI=1S/C18H26O2/c1-16(2)10-13(19)12-9-15-17(3,4)7-6-8-18(15,5)20-14(12)11-16/h9H,6-8,10-11H2,1-5H3. The maximum absolute atomic E-state index is 12.5. The zero-order valence-electron chi connectivity index (χ0n) is 13.4. The Morgan fingerprint density at radius 2 is 1.75 bits per heavy atom. The van der Waals surface area contributed by atoms with Crippen LogP contribution in [0.4, 0.5) is 0 Å². The summed E-state index contributed by atoms with van der Waals surface area (Å²) < 4.78 is 6.41. The molecule has 0 amide bonds. The van der Waals surface area contributed by atoms with Crippen LogP contribution in [0, 0.1) is 10.8 Å². The third kappa shape index (κ3) is 2.04. The molecule has 2 nitrogen and oxygen atoms in total. The molecule has 2 heteroatoms. The molecule has 0 aromatic carbocycles. The van der Waals surface area contributed by atoms with E-state index in [1.807, 2.05) is 0 Å². The molecule has 1 atom stereocenters. The van der Waals surface area contributed by atoms with Gasteiger partial charge in [-0.2, -0.15) is 0 Å². The molecule has 3 rings (SSSR count). The molecule has 0 saturated heterocycles. The van der Waals surface area contributed by atoms with E-state index in [1.54, 1.807) is 0 Å². The van der Waals surface area contributed by atoms with E-state index >= 15 is 0 Å². The van der Waals surface area contributed by atoms with Gasteiger partial charge in [0.1, 0.15) is 11.4 Å². The molecular weight excluding hydrogens is 248 g/mol. The maximum Gasteiger partial charge on any atom is 0.166 e. The van der Waals surface area contributed by atoms with Gasteiger partial charge in [-0.25, -0.2) is 0 Å². The Morgan fingerprint density at radius 1 is 1.05 bits per heavy atom. The number of allylic oxidation sites excluding steroid dienone is 3. The molecule has 3 aliphatic rings. The summed E-state index contributed by atoms with van der Waals surface area (Å²) in [6, 6.07) is 0. The van der Waals surface area contributed by atoms with Gasteiger partial charge in [0.25, 0.3) is 0 Å². The molecule has 1 saturated carbocycles. The van der Waals surface area contributed by atoms with Crippen molar-refractivity contribution in [1.29, 1.82) is 0 Å². The Morgan fingerprint density at radius 3 is 2.45 bits per heavy atom. The molecule has 1 unspecified atom stereocenters. The number of carbonyl (C=O) groups excluding carboxylic acids is 1. The van der Waals surface area contributed by atoms with Crippen LogP contribution in [0.3, 0.4) is 0 Å². The fourth-order valence-corrected chi connectivity index (χ4v) is 4.25. The van der Waals surface area contributed by atoms with Crippen molar-refractivity contribution in [2.75, 3.05) is 0 Å². The number of fused-ring (bicyclic) bond motifs is 1. The van der Waals surface area contributed by atoms with E-state index in [0.29, 0.717) is 6.42 Å². The summed E-state index contributed by atoms with van der Waals surface area (Å²) in [5.41, 5.74) is 2.14. The highest BCUT2D eigenvalue weighted by Crippen LogP contribution is 2.53. The Balaban J connectivity index is 2.09. The minimum Gasteiger partial charge on any atom is -0.487 e. The van der Waals surface area contributed by atoms with Gasteiger partial charge in [-0.3, -0.25) is 4.79 Å². The Kier molecular flexibility index (Phi) is 2.78. The van der Waals surface area contributed by atoms with E-state index in [2.05, 4.69) is 40.7 Å². The van der Waals surface area contributed by atoms with Crippen LogP contribution in [-0.2, 0) is 9.53 Å². The first kappa shape index (κ1) is 13.9. The summed E-state index contributed by atoms with van der Waals surface area (Å²) >= 11 is 0. The van der Waals surface area contributed by atoms with Gasteiger partial charge >= 0.3 is 0 Å². The van der Waals surface area contributed by atoms with Crippen molar-refractivity contribution in [3.05, 3.63) is 23.0 Å². The lowest BCUT2D eigenvalue weighted by Gasteiger charge is -2.50. The predicted octanol–water partition coefficient (Wildman–Crippen LogP) is 4.56. The van der Waals surface area contributed by atoms with Crippen molar-refractivity contribution >= 4 is 5.78 Å². The van der Waals surface area contributed by atoms with Crippen molar-refractivity contribution in [2.24, 2.45) is 10.8 Å². The van der Waals surface area contributed by atoms with E-state index < -0.39 is 0 Å². The largest absolute Gasteiger partial charge is 0.487 e. The topological polar surface area (TPSA) is 26.3 Å². The van der Waals surface area contributed by atoms with E-state index in [9.17, 15) is 4.79 Å². The quantitative estimate of drug-likeness (QED) is 0.647. The minimum atomic E-state index is -0.200. The number of ketones is 1. The van der Waals surface area contributed by atoms with Crippen molar-refractivity contribution in [3.63, 3.8) is 0 Å². The average molecular weight is 274 g/mol. The van der Waals surface area contributed by atoms with E-state index in [-0.39, 0.29) is 22.2 Å². The fourth-order valence-electron chi connectivity index (χ4n) is 4.25. The second-order valence-electron chi connectivity index (χ2n) is 8.41. The monoisotopic (exact) mass is 274 g/mol. The fraction of sp³-hybridized carbons (Fsp3) is 0.722. The second kappa shape index (κ2) is 3.99. The van der Waals surface area contributed by atoms with Crippen molar-refractivity contribution in [1.82, 2.24) is 0 Å². The molecule has 0 radical (unpaired) electrons. The van der Waals surface area contributed by atoms with Crippen LogP contribution in [0.1, 0.15) is 66.7 Å². The lowest BCUT2D eigenvalue weighted by Crippen LogP contribution is -2.45. The third-order valence-electron chi connectivity index (χ3n) is 5.27. The van der Waals surface area contributed by atoms with Gasteiger partial charge in [0.15, 0.2) is 5.78 Å². The summed E-state index contributed by atoms with van der Waals surface area (Å²) in [6.07, 6.45) is 7.13. The van der Waals surface area contributed by atoms with E-state index in [4.69, 9.17) is 4.74 Å². The normalized spacial score (nSPS) is 34.9. The van der Waals surface area contributed by atoms with Crippen LogP contribution < -0.4 is 0 Å². The second-order valence-corrected chi connectivity index (χ2v) is 8.41. The van der Waals surface area contributed by atoms with Crippen molar-refractivity contribution < 1.29 is 9.53 Å². The van der Waals surface area contributed by atoms with Crippen LogP contribution in [0.25, 0.3) is 0 Å². The van der Waals surface area contributed by atoms with Gasteiger partial charge in [0.05, 0.1) is 5.57 Å². The first-order chi connectivity index (χ1) is 9.13. The van der Waals surface area contributed by atoms with Gasteiger partial charge in [-0.15, -0.1) is 0 Å². The van der Waals surface area contributed by atoms with Gasteiger partial charge < -0.3 is 4.74 Å². The zero-order chi connectivity index (χ0) is 14.8. The predicted molar refractivity (Wildman–Crippen MR) is 80.3 cm³/mol. The summed E-state index contributed by atoms with van der Waals surface area (Å²) in [7, 11) is 0. The number of hydrogen-bond acceptors (Lipinski definition) is 2. The highest BCUT2D eigenvalue weighted by Gasteiger charge is 2.48. The van der Waals surface area contributed by atoms with Crippen LogP contribution in [0.5, 0.6) is 0 Å². The maximum atomic E-state index is 12.5. The van der Waals surface area contributed by atoms with Crippen molar-refractivity contribution in [3.8, 4) is 0 Å². The summed E-state index contributed by atoms with van der Waals surface area (Å²) in [6.45, 7) is 11.1. The molecule has 0 aromatic heterocycles. The van der Waals surface area contributed by atoms with Crippen LogP contribution in [-0.4, -0.2) is 11.4 Å². The molecule has 1 fully saturated rings. The summed E-state index contributed by atoms with van der Waals surface area (Å²) in [5.74, 6) is 1.20. The van der Waals surface area contributed by atoms with E-state index in [1.165, 1.54) is 18.4 Å². The molecule has 1 aliphatic heterocycles. The first-order valence-corrected chi connectivity index (χ1v) is 7.81. The zero-order valence-corrected chi connectivity index (χ0v) is 13.4. The van der Waals surface area contributed by atoms with Crippen LogP contribution in [0.2, 0.25) is 0 Å². The Labute approximate surface area is 122 Å². The number of Topliss-reactive ketones (excluding diaryl/α,β-unsaturated/α-hetero) is 1. The first-order valence-electron chi connectivity index (χ1n) is 7.81. The highest BCUT2D eigenvalue weighted by molar-refractivity contribution is 6.00. The molecule has 110 valence electrons. The SMILES string of the molecule is CC1(C)CC(=O)C2=C(C1)OC1(C)CCCC(C)(C)C1=C2. The van der Waals surface area contributed by atoms with E-state index in [0.717, 1.165) is 24.2 Å². The minimum absolute atomic E-state index is 0.0296. The Hall–Kier alpha value is -1.05.